The molecule has 12 heavy (non-hydrogen) atoms. The molecule has 0 saturated heterocycles. The molecule has 1 rings (SSSR count). The number of carbonyl (C=O) groups is 1. The fourth-order valence-corrected chi connectivity index (χ4v) is 1.14. The number of amides is 2. The molecule has 0 aliphatic carbocycles. The Morgan fingerprint density at radius 2 is 2.25 bits per heavy atom. The lowest BCUT2D eigenvalue weighted by Gasteiger charge is -2.02. The first-order chi connectivity index (χ1) is 5.59. The summed E-state index contributed by atoms with van der Waals surface area (Å²) in [6.07, 6.45) is 0. The van der Waals surface area contributed by atoms with Gasteiger partial charge in [0.25, 0.3) is 0 Å². The molecule has 5 heteroatoms. The Morgan fingerprint density at radius 3 is 2.75 bits per heavy atom. The maximum Gasteiger partial charge on any atom is 0.316 e. The van der Waals surface area contributed by atoms with E-state index in [2.05, 4.69) is 21.2 Å². The molecule has 1 aromatic carbocycles. The monoisotopic (exact) mass is 248 g/mol. The molecular formula is C7H6BrClN2O. The lowest BCUT2D eigenvalue weighted by Crippen LogP contribution is -2.19. The smallest absolute Gasteiger partial charge is 0.316 e. The van der Waals surface area contributed by atoms with Crippen LogP contribution >= 0.6 is 27.5 Å². The minimum absolute atomic E-state index is 0.529. The SMILES string of the molecule is NC(=O)Nc1ccc(Br)c(Cl)c1. The molecule has 1 aromatic rings. The van der Waals surface area contributed by atoms with Crippen molar-refractivity contribution in [2.24, 2.45) is 5.73 Å². The first-order valence-electron chi connectivity index (χ1n) is 3.11. The number of urea groups is 1. The summed E-state index contributed by atoms with van der Waals surface area (Å²) < 4.78 is 0.777. The Labute approximate surface area is 83.0 Å². The van der Waals surface area contributed by atoms with Crippen molar-refractivity contribution in [1.82, 2.24) is 0 Å². The van der Waals surface area contributed by atoms with E-state index in [1.807, 2.05) is 0 Å². The van der Waals surface area contributed by atoms with Crippen molar-refractivity contribution >= 4 is 39.2 Å². The number of carbonyl (C=O) groups excluding carboxylic acids is 1. The fraction of sp³-hybridized carbons (Fsp3) is 0. The van der Waals surface area contributed by atoms with Crippen LogP contribution in [0.1, 0.15) is 0 Å². The summed E-state index contributed by atoms with van der Waals surface area (Å²) in [5.41, 5.74) is 5.49. The Balaban J connectivity index is 2.89. The number of nitrogens with one attached hydrogen (secondary N) is 1. The third kappa shape index (κ3) is 2.39. The molecule has 64 valence electrons. The maximum absolute atomic E-state index is 10.4. The summed E-state index contributed by atoms with van der Waals surface area (Å²) in [6, 6.07) is 4.43. The van der Waals surface area contributed by atoms with Crippen LogP contribution in [-0.2, 0) is 0 Å². The number of hydrogen-bond donors (Lipinski definition) is 2. The van der Waals surface area contributed by atoms with E-state index in [-0.39, 0.29) is 0 Å². The van der Waals surface area contributed by atoms with Gasteiger partial charge in [0, 0.05) is 10.2 Å². The molecule has 0 radical (unpaired) electrons. The Bertz CT molecular complexity index is 316. The third-order valence-corrected chi connectivity index (χ3v) is 2.42. The average molecular weight is 249 g/mol. The predicted molar refractivity (Wildman–Crippen MR) is 52.4 cm³/mol. The van der Waals surface area contributed by atoms with Crippen molar-refractivity contribution in [2.75, 3.05) is 5.32 Å². The molecule has 3 nitrogen and oxygen atoms in total. The minimum atomic E-state index is -0.603. The van der Waals surface area contributed by atoms with Crippen LogP contribution in [0.4, 0.5) is 10.5 Å². The summed E-state index contributed by atoms with van der Waals surface area (Å²) in [5, 5.41) is 2.94. The van der Waals surface area contributed by atoms with Crippen LogP contribution in [0.2, 0.25) is 5.02 Å². The first-order valence-corrected chi connectivity index (χ1v) is 4.28. The van der Waals surface area contributed by atoms with Crippen molar-refractivity contribution in [3.05, 3.63) is 27.7 Å². The van der Waals surface area contributed by atoms with E-state index in [0.717, 1.165) is 4.47 Å². The molecule has 0 unspecified atom stereocenters. The predicted octanol–water partition coefficient (Wildman–Crippen LogP) is 2.59. The highest BCUT2D eigenvalue weighted by molar-refractivity contribution is 9.10. The van der Waals surface area contributed by atoms with Gasteiger partial charge >= 0.3 is 6.03 Å². The van der Waals surface area contributed by atoms with Gasteiger partial charge < -0.3 is 11.1 Å². The molecule has 3 N–H and O–H groups in total. The molecule has 0 fully saturated rings. The van der Waals surface area contributed by atoms with Crippen LogP contribution in [-0.4, -0.2) is 6.03 Å². The average Bonchev–Trinajstić information content (AvgIpc) is 1.96. The normalized spacial score (nSPS) is 9.50. The summed E-state index contributed by atoms with van der Waals surface area (Å²) in [5.74, 6) is 0. The van der Waals surface area contributed by atoms with Crippen molar-refractivity contribution < 1.29 is 4.79 Å². The largest absolute Gasteiger partial charge is 0.351 e. The number of halogens is 2. The van der Waals surface area contributed by atoms with Gasteiger partial charge in [0.15, 0.2) is 0 Å². The lowest BCUT2D eigenvalue weighted by molar-refractivity contribution is 0.259. The second-order valence-electron chi connectivity index (χ2n) is 2.12. The van der Waals surface area contributed by atoms with E-state index in [1.54, 1.807) is 18.2 Å². The Morgan fingerprint density at radius 1 is 1.58 bits per heavy atom. The molecule has 0 aliphatic rings. The van der Waals surface area contributed by atoms with Gasteiger partial charge in [0.05, 0.1) is 5.02 Å². The molecule has 0 aliphatic heterocycles. The standard InChI is InChI=1S/C7H6BrClN2O/c8-5-2-1-4(3-6(5)9)11-7(10)12/h1-3H,(H3,10,11,12). The highest BCUT2D eigenvalue weighted by Crippen LogP contribution is 2.25. The highest BCUT2D eigenvalue weighted by Gasteiger charge is 1.99. The Hall–Kier alpha value is -0.740. The zero-order chi connectivity index (χ0) is 9.14. The molecule has 0 bridgehead atoms. The molecular weight excluding hydrogens is 243 g/mol. The topological polar surface area (TPSA) is 55.1 Å². The van der Waals surface area contributed by atoms with E-state index in [9.17, 15) is 4.79 Å². The maximum atomic E-state index is 10.4. The quantitative estimate of drug-likeness (QED) is 0.790. The van der Waals surface area contributed by atoms with E-state index >= 15 is 0 Å². The summed E-state index contributed by atoms with van der Waals surface area (Å²) in [6.45, 7) is 0. The number of primary amides is 1. The summed E-state index contributed by atoms with van der Waals surface area (Å²) in [7, 11) is 0. The number of anilines is 1. The van der Waals surface area contributed by atoms with Crippen molar-refractivity contribution in [1.29, 1.82) is 0 Å². The number of hydrogen-bond acceptors (Lipinski definition) is 1. The van der Waals surface area contributed by atoms with Crippen molar-refractivity contribution in [3.63, 3.8) is 0 Å². The molecule has 0 heterocycles. The fourth-order valence-electron chi connectivity index (χ4n) is 0.716. The van der Waals surface area contributed by atoms with Gasteiger partial charge in [-0.1, -0.05) is 11.6 Å². The van der Waals surface area contributed by atoms with Crippen molar-refractivity contribution in [3.8, 4) is 0 Å². The third-order valence-electron chi connectivity index (χ3n) is 1.19. The Kier molecular flexibility index (Phi) is 2.94. The van der Waals surface area contributed by atoms with Crippen LogP contribution in [0.15, 0.2) is 22.7 Å². The van der Waals surface area contributed by atoms with Gasteiger partial charge in [-0.05, 0) is 34.1 Å². The van der Waals surface area contributed by atoms with E-state index in [4.69, 9.17) is 17.3 Å². The van der Waals surface area contributed by atoms with Crippen LogP contribution in [0.25, 0.3) is 0 Å². The number of rotatable bonds is 1. The van der Waals surface area contributed by atoms with Crippen LogP contribution in [0.3, 0.4) is 0 Å². The number of benzene rings is 1. The van der Waals surface area contributed by atoms with E-state index in [0.29, 0.717) is 10.7 Å². The van der Waals surface area contributed by atoms with Gasteiger partial charge in [-0.3, -0.25) is 0 Å². The zero-order valence-electron chi connectivity index (χ0n) is 5.97. The van der Waals surface area contributed by atoms with Crippen LogP contribution < -0.4 is 11.1 Å². The van der Waals surface area contributed by atoms with Crippen molar-refractivity contribution in [2.45, 2.75) is 0 Å². The highest BCUT2D eigenvalue weighted by atomic mass is 79.9. The first kappa shape index (κ1) is 9.35. The molecule has 0 atom stereocenters. The second kappa shape index (κ2) is 3.78. The summed E-state index contributed by atoms with van der Waals surface area (Å²) >= 11 is 8.98. The van der Waals surface area contributed by atoms with Gasteiger partial charge in [0.1, 0.15) is 0 Å². The van der Waals surface area contributed by atoms with Gasteiger partial charge in [0.2, 0.25) is 0 Å². The second-order valence-corrected chi connectivity index (χ2v) is 3.38. The molecule has 0 aromatic heterocycles. The molecule has 0 spiro atoms. The summed E-state index contributed by atoms with van der Waals surface area (Å²) in [4.78, 5) is 10.4. The van der Waals surface area contributed by atoms with E-state index in [1.165, 1.54) is 0 Å². The molecule has 0 saturated carbocycles. The molecule has 2 amide bonds. The zero-order valence-corrected chi connectivity index (χ0v) is 8.32. The van der Waals surface area contributed by atoms with Gasteiger partial charge in [-0.15, -0.1) is 0 Å². The minimum Gasteiger partial charge on any atom is -0.351 e. The van der Waals surface area contributed by atoms with Crippen LogP contribution in [0, 0.1) is 0 Å². The lowest BCUT2D eigenvalue weighted by atomic mass is 10.3. The van der Waals surface area contributed by atoms with Gasteiger partial charge in [-0.25, -0.2) is 4.79 Å². The van der Waals surface area contributed by atoms with Gasteiger partial charge in [-0.2, -0.15) is 0 Å². The van der Waals surface area contributed by atoms with Crippen LogP contribution in [0.5, 0.6) is 0 Å². The number of nitrogens with two attached hydrogens (primary N) is 1. The van der Waals surface area contributed by atoms with E-state index < -0.39 is 6.03 Å².